The van der Waals surface area contributed by atoms with Crippen molar-refractivity contribution in [3.63, 3.8) is 0 Å². The molecular formula is C19H25ClFN3O2. The van der Waals surface area contributed by atoms with Crippen LogP contribution in [0.3, 0.4) is 0 Å². The number of hydrogen-bond donors (Lipinski definition) is 1. The van der Waals surface area contributed by atoms with Gasteiger partial charge in [-0.25, -0.2) is 4.39 Å². The van der Waals surface area contributed by atoms with Gasteiger partial charge in [0.25, 0.3) is 0 Å². The third kappa shape index (κ3) is 4.54. The molecule has 0 spiro atoms. The lowest BCUT2D eigenvalue weighted by Crippen LogP contribution is -2.56. The average molecular weight is 382 g/mol. The number of piperidine rings is 1. The third-order valence-electron chi connectivity index (χ3n) is 5.33. The summed E-state index contributed by atoms with van der Waals surface area (Å²) < 4.78 is 13.3. The summed E-state index contributed by atoms with van der Waals surface area (Å²) in [5, 5.41) is 3.18. The highest BCUT2D eigenvalue weighted by Crippen LogP contribution is 2.23. The zero-order chi connectivity index (χ0) is 18.7. The lowest BCUT2D eigenvalue weighted by Gasteiger charge is -2.37. The molecule has 0 aliphatic carbocycles. The Labute approximate surface area is 158 Å². The summed E-state index contributed by atoms with van der Waals surface area (Å²) in [6.07, 6.45) is 2.19. The van der Waals surface area contributed by atoms with E-state index in [0.717, 1.165) is 31.5 Å². The Morgan fingerprint density at radius 1 is 1.31 bits per heavy atom. The van der Waals surface area contributed by atoms with Crippen LogP contribution in [0.1, 0.15) is 31.7 Å². The molecule has 26 heavy (non-hydrogen) atoms. The summed E-state index contributed by atoms with van der Waals surface area (Å²) in [6.45, 7) is 5.31. The molecule has 2 heterocycles. The first-order valence-electron chi connectivity index (χ1n) is 9.17. The van der Waals surface area contributed by atoms with E-state index in [1.165, 1.54) is 12.1 Å². The van der Waals surface area contributed by atoms with Gasteiger partial charge in [-0.2, -0.15) is 0 Å². The Morgan fingerprint density at radius 3 is 2.73 bits per heavy atom. The maximum Gasteiger partial charge on any atom is 0.237 e. The van der Waals surface area contributed by atoms with Crippen LogP contribution in [0.5, 0.6) is 0 Å². The highest BCUT2D eigenvalue weighted by Gasteiger charge is 2.33. The minimum atomic E-state index is -0.517. The largest absolute Gasteiger partial charge is 0.353 e. The molecule has 0 bridgehead atoms. The lowest BCUT2D eigenvalue weighted by atomic mass is 9.98. The fourth-order valence-electron chi connectivity index (χ4n) is 3.59. The predicted molar refractivity (Wildman–Crippen MR) is 98.2 cm³/mol. The monoisotopic (exact) mass is 381 g/mol. The number of benzene rings is 1. The Hall–Kier alpha value is -1.66. The number of nitrogens with zero attached hydrogens (tertiary/aromatic N) is 2. The van der Waals surface area contributed by atoms with Crippen molar-refractivity contribution in [1.82, 2.24) is 15.1 Å². The quantitative estimate of drug-likeness (QED) is 0.871. The van der Waals surface area contributed by atoms with Crippen molar-refractivity contribution >= 4 is 23.4 Å². The van der Waals surface area contributed by atoms with Gasteiger partial charge in [0.1, 0.15) is 5.82 Å². The predicted octanol–water partition coefficient (Wildman–Crippen LogP) is 2.43. The SMILES string of the molecule is CC1CCN(C(=O)CC2C(=O)NCCN2Cc2ccc(F)cc2Cl)CC1. The summed E-state index contributed by atoms with van der Waals surface area (Å²) in [5.41, 5.74) is 0.756. The van der Waals surface area contributed by atoms with Crippen LogP contribution in [0, 0.1) is 11.7 Å². The van der Waals surface area contributed by atoms with E-state index in [1.54, 1.807) is 6.07 Å². The van der Waals surface area contributed by atoms with Crippen molar-refractivity contribution < 1.29 is 14.0 Å². The Bertz CT molecular complexity index is 677. The topological polar surface area (TPSA) is 52.7 Å². The van der Waals surface area contributed by atoms with Crippen LogP contribution in [0.2, 0.25) is 5.02 Å². The van der Waals surface area contributed by atoms with Gasteiger partial charge in [0.15, 0.2) is 0 Å². The molecule has 0 radical (unpaired) electrons. The number of amides is 2. The smallest absolute Gasteiger partial charge is 0.237 e. The minimum absolute atomic E-state index is 0.0224. The van der Waals surface area contributed by atoms with Gasteiger partial charge < -0.3 is 10.2 Å². The molecule has 1 unspecified atom stereocenters. The van der Waals surface area contributed by atoms with E-state index in [4.69, 9.17) is 11.6 Å². The van der Waals surface area contributed by atoms with Crippen LogP contribution in [0.4, 0.5) is 4.39 Å². The molecule has 1 atom stereocenters. The second-order valence-electron chi connectivity index (χ2n) is 7.28. The van der Waals surface area contributed by atoms with Crippen LogP contribution in [0.15, 0.2) is 18.2 Å². The van der Waals surface area contributed by atoms with Crippen molar-refractivity contribution in [3.8, 4) is 0 Å². The Balaban J connectivity index is 1.68. The summed E-state index contributed by atoms with van der Waals surface area (Å²) in [5.74, 6) is 0.151. The van der Waals surface area contributed by atoms with Crippen molar-refractivity contribution in [2.45, 2.75) is 38.8 Å². The number of piperazine rings is 1. The number of likely N-dealkylation sites (tertiary alicyclic amines) is 1. The molecule has 0 aromatic heterocycles. The van der Waals surface area contributed by atoms with Crippen LogP contribution < -0.4 is 5.32 Å². The van der Waals surface area contributed by atoms with Crippen molar-refractivity contribution in [3.05, 3.63) is 34.6 Å². The standard InChI is InChI=1S/C19H25ClFN3O2/c1-13-4-7-23(8-5-13)18(25)11-17-19(26)22-6-9-24(17)12-14-2-3-15(21)10-16(14)20/h2-3,10,13,17H,4-9,11-12H2,1H3,(H,22,26). The fourth-order valence-corrected chi connectivity index (χ4v) is 3.82. The van der Waals surface area contributed by atoms with Crippen LogP contribution in [0.25, 0.3) is 0 Å². The number of rotatable bonds is 4. The van der Waals surface area contributed by atoms with Crippen LogP contribution in [-0.4, -0.2) is 53.8 Å². The van der Waals surface area contributed by atoms with Gasteiger partial charge in [-0.3, -0.25) is 14.5 Å². The van der Waals surface area contributed by atoms with Crippen molar-refractivity contribution in [2.75, 3.05) is 26.2 Å². The average Bonchev–Trinajstić information content (AvgIpc) is 2.60. The number of nitrogens with one attached hydrogen (secondary N) is 1. The highest BCUT2D eigenvalue weighted by molar-refractivity contribution is 6.31. The molecule has 2 aliphatic heterocycles. The first-order chi connectivity index (χ1) is 12.4. The fraction of sp³-hybridized carbons (Fsp3) is 0.579. The zero-order valence-corrected chi connectivity index (χ0v) is 15.8. The van der Waals surface area contributed by atoms with Gasteiger partial charge in [0, 0.05) is 37.7 Å². The molecule has 2 saturated heterocycles. The van der Waals surface area contributed by atoms with Gasteiger partial charge in [0.05, 0.1) is 12.5 Å². The van der Waals surface area contributed by atoms with Crippen LogP contribution >= 0.6 is 11.6 Å². The normalized spacial score (nSPS) is 22.3. The number of carbonyl (C=O) groups excluding carboxylic acids is 2. The third-order valence-corrected chi connectivity index (χ3v) is 5.69. The molecule has 1 aromatic carbocycles. The zero-order valence-electron chi connectivity index (χ0n) is 15.0. The van der Waals surface area contributed by atoms with Gasteiger partial charge >= 0.3 is 0 Å². The molecule has 1 aromatic rings. The maximum absolute atomic E-state index is 13.3. The highest BCUT2D eigenvalue weighted by atomic mass is 35.5. The second kappa shape index (κ2) is 8.35. The van der Waals surface area contributed by atoms with Crippen molar-refractivity contribution in [1.29, 1.82) is 0 Å². The summed E-state index contributed by atoms with van der Waals surface area (Å²) in [6, 6.07) is 3.75. The van der Waals surface area contributed by atoms with Gasteiger partial charge in [-0.15, -0.1) is 0 Å². The molecule has 5 nitrogen and oxygen atoms in total. The summed E-state index contributed by atoms with van der Waals surface area (Å²) in [4.78, 5) is 28.9. The number of carbonyl (C=O) groups is 2. The molecule has 0 saturated carbocycles. The molecule has 2 amide bonds. The number of halogens is 2. The van der Waals surface area contributed by atoms with Gasteiger partial charge in [0.2, 0.25) is 11.8 Å². The molecular weight excluding hydrogens is 357 g/mol. The van der Waals surface area contributed by atoms with Crippen LogP contribution in [-0.2, 0) is 16.1 Å². The van der Waals surface area contributed by atoms with E-state index in [-0.39, 0.29) is 24.1 Å². The Morgan fingerprint density at radius 2 is 2.04 bits per heavy atom. The van der Waals surface area contributed by atoms with E-state index in [2.05, 4.69) is 12.2 Å². The molecule has 7 heteroatoms. The molecule has 142 valence electrons. The van der Waals surface area contributed by atoms with E-state index in [0.29, 0.717) is 30.6 Å². The maximum atomic E-state index is 13.3. The number of hydrogen-bond acceptors (Lipinski definition) is 3. The Kier molecular flexibility index (Phi) is 6.14. The summed E-state index contributed by atoms with van der Waals surface area (Å²) >= 11 is 6.13. The summed E-state index contributed by atoms with van der Waals surface area (Å²) in [7, 11) is 0. The first-order valence-corrected chi connectivity index (χ1v) is 9.55. The lowest BCUT2D eigenvalue weighted by molar-refractivity contribution is -0.140. The van der Waals surface area contributed by atoms with E-state index in [1.807, 2.05) is 9.80 Å². The molecule has 3 rings (SSSR count). The minimum Gasteiger partial charge on any atom is -0.353 e. The molecule has 2 aliphatic rings. The molecule has 1 N–H and O–H groups in total. The van der Waals surface area contributed by atoms with E-state index >= 15 is 0 Å². The second-order valence-corrected chi connectivity index (χ2v) is 7.69. The first kappa shape index (κ1) is 19.1. The van der Waals surface area contributed by atoms with Crippen molar-refractivity contribution in [2.24, 2.45) is 5.92 Å². The van der Waals surface area contributed by atoms with E-state index in [9.17, 15) is 14.0 Å². The van der Waals surface area contributed by atoms with E-state index < -0.39 is 6.04 Å². The van der Waals surface area contributed by atoms with Gasteiger partial charge in [-0.05, 0) is 36.5 Å². The van der Waals surface area contributed by atoms with Gasteiger partial charge in [-0.1, -0.05) is 24.6 Å². The molecule has 2 fully saturated rings.